The Balaban J connectivity index is 1.43. The number of aromatic amines is 1. The molecule has 2 heterocycles. The second kappa shape index (κ2) is 7.77. The van der Waals surface area contributed by atoms with E-state index >= 15 is 0 Å². The van der Waals surface area contributed by atoms with Gasteiger partial charge in [-0.25, -0.2) is 4.98 Å². The molecule has 0 spiro atoms. The molecular weight excluding hydrogens is 354 g/mol. The summed E-state index contributed by atoms with van der Waals surface area (Å²) in [6, 6.07) is 16.5. The van der Waals surface area contributed by atoms with E-state index in [2.05, 4.69) is 42.2 Å². The molecule has 0 saturated carbocycles. The van der Waals surface area contributed by atoms with E-state index in [0.717, 1.165) is 47.7 Å². The summed E-state index contributed by atoms with van der Waals surface area (Å²) in [6.45, 7) is 5.68. The van der Waals surface area contributed by atoms with Crippen LogP contribution in [0.4, 0.5) is 0 Å². The number of H-pyrrole nitrogens is 1. The number of rotatable bonds is 4. The molecule has 3 aromatic rings. The molecule has 5 heteroatoms. The number of thioether (sulfide) groups is 1. The standard InChI is InChI=1S/C22H25N3OS/c1-15-9-11-18(12-10-15)27-16(2)22(26)25-13-5-6-17(14-25)21-23-19-7-3-4-8-20(19)24-21/h3-4,7-12,16-17H,5-6,13-14H2,1-2H3,(H,23,24). The third-order valence-corrected chi connectivity index (χ3v) is 6.31. The Morgan fingerprint density at radius 1 is 1.22 bits per heavy atom. The fourth-order valence-corrected chi connectivity index (χ4v) is 4.65. The molecule has 4 nitrogen and oxygen atoms in total. The van der Waals surface area contributed by atoms with Crippen molar-refractivity contribution in [1.82, 2.24) is 14.9 Å². The second-order valence-electron chi connectivity index (χ2n) is 7.34. The zero-order valence-corrected chi connectivity index (χ0v) is 16.6. The first-order chi connectivity index (χ1) is 13.1. The minimum Gasteiger partial charge on any atom is -0.342 e. The second-order valence-corrected chi connectivity index (χ2v) is 8.75. The van der Waals surface area contributed by atoms with Gasteiger partial charge in [-0.2, -0.15) is 0 Å². The number of amides is 1. The Morgan fingerprint density at radius 2 is 2.00 bits per heavy atom. The predicted molar refractivity (Wildman–Crippen MR) is 111 cm³/mol. The molecule has 140 valence electrons. The van der Waals surface area contributed by atoms with Crippen molar-refractivity contribution < 1.29 is 4.79 Å². The summed E-state index contributed by atoms with van der Waals surface area (Å²) in [5.74, 6) is 1.51. The number of hydrogen-bond donors (Lipinski definition) is 1. The highest BCUT2D eigenvalue weighted by Crippen LogP contribution is 2.30. The molecule has 0 radical (unpaired) electrons. The minimum absolute atomic E-state index is 0.0814. The zero-order chi connectivity index (χ0) is 18.8. The lowest BCUT2D eigenvalue weighted by Crippen LogP contribution is -2.42. The van der Waals surface area contributed by atoms with E-state index in [-0.39, 0.29) is 17.1 Å². The Morgan fingerprint density at radius 3 is 2.78 bits per heavy atom. The van der Waals surface area contributed by atoms with Crippen LogP contribution in [-0.4, -0.2) is 39.1 Å². The summed E-state index contributed by atoms with van der Waals surface area (Å²) in [7, 11) is 0. The smallest absolute Gasteiger partial charge is 0.235 e. The lowest BCUT2D eigenvalue weighted by atomic mass is 9.97. The van der Waals surface area contributed by atoms with Crippen LogP contribution >= 0.6 is 11.8 Å². The maximum absolute atomic E-state index is 13.0. The van der Waals surface area contributed by atoms with Crippen molar-refractivity contribution in [2.45, 2.75) is 42.8 Å². The van der Waals surface area contributed by atoms with Crippen molar-refractivity contribution in [1.29, 1.82) is 0 Å². The highest BCUT2D eigenvalue weighted by molar-refractivity contribution is 8.00. The van der Waals surface area contributed by atoms with Gasteiger partial charge in [-0.3, -0.25) is 4.79 Å². The van der Waals surface area contributed by atoms with Crippen LogP contribution in [-0.2, 0) is 4.79 Å². The molecule has 2 atom stereocenters. The average Bonchev–Trinajstić information content (AvgIpc) is 3.13. The van der Waals surface area contributed by atoms with E-state index < -0.39 is 0 Å². The van der Waals surface area contributed by atoms with Gasteiger partial charge in [-0.15, -0.1) is 11.8 Å². The van der Waals surface area contributed by atoms with E-state index in [0.29, 0.717) is 0 Å². The first kappa shape index (κ1) is 18.1. The van der Waals surface area contributed by atoms with Crippen LogP contribution in [0.5, 0.6) is 0 Å². The molecule has 27 heavy (non-hydrogen) atoms. The quantitative estimate of drug-likeness (QED) is 0.665. The molecule has 2 unspecified atom stereocenters. The van der Waals surface area contributed by atoms with E-state index in [4.69, 9.17) is 4.98 Å². The fourth-order valence-electron chi connectivity index (χ4n) is 3.69. The van der Waals surface area contributed by atoms with Crippen LogP contribution in [0.1, 0.15) is 37.1 Å². The molecule has 0 aliphatic carbocycles. The number of carbonyl (C=O) groups is 1. The Kier molecular flexibility index (Phi) is 5.21. The van der Waals surface area contributed by atoms with Crippen molar-refractivity contribution in [3.8, 4) is 0 Å². The van der Waals surface area contributed by atoms with Gasteiger partial charge in [-0.05, 0) is 51.0 Å². The van der Waals surface area contributed by atoms with Gasteiger partial charge in [0, 0.05) is 23.9 Å². The maximum Gasteiger partial charge on any atom is 0.235 e. The summed E-state index contributed by atoms with van der Waals surface area (Å²) < 4.78 is 0. The van der Waals surface area contributed by atoms with Crippen molar-refractivity contribution >= 4 is 28.7 Å². The SMILES string of the molecule is Cc1ccc(SC(C)C(=O)N2CCCC(c3nc4ccccc4[nH]3)C2)cc1. The number of nitrogens with one attached hydrogen (secondary N) is 1. The predicted octanol–water partition coefficient (Wildman–Crippen LogP) is 4.76. The summed E-state index contributed by atoms with van der Waals surface area (Å²) >= 11 is 1.64. The van der Waals surface area contributed by atoms with Crippen LogP contribution in [0.3, 0.4) is 0 Å². The molecule has 1 fully saturated rings. The van der Waals surface area contributed by atoms with Gasteiger partial charge in [0.05, 0.1) is 16.3 Å². The van der Waals surface area contributed by atoms with Crippen LogP contribution in [0.25, 0.3) is 11.0 Å². The van der Waals surface area contributed by atoms with Gasteiger partial charge in [0.25, 0.3) is 0 Å². The molecule has 1 N–H and O–H groups in total. The first-order valence-corrected chi connectivity index (χ1v) is 10.4. The summed E-state index contributed by atoms with van der Waals surface area (Å²) in [6.07, 6.45) is 2.10. The summed E-state index contributed by atoms with van der Waals surface area (Å²) in [5, 5.41) is -0.0814. The normalized spacial score (nSPS) is 18.6. The number of likely N-dealkylation sites (tertiary alicyclic amines) is 1. The van der Waals surface area contributed by atoms with Crippen LogP contribution in [0.15, 0.2) is 53.4 Å². The molecule has 4 rings (SSSR count). The number of hydrogen-bond acceptors (Lipinski definition) is 3. The zero-order valence-electron chi connectivity index (χ0n) is 15.8. The third-order valence-electron chi connectivity index (χ3n) is 5.21. The Bertz CT molecular complexity index is 901. The fraction of sp³-hybridized carbons (Fsp3) is 0.364. The lowest BCUT2D eigenvalue weighted by Gasteiger charge is -2.33. The topological polar surface area (TPSA) is 49.0 Å². The van der Waals surface area contributed by atoms with Gasteiger partial charge < -0.3 is 9.88 Å². The van der Waals surface area contributed by atoms with Gasteiger partial charge >= 0.3 is 0 Å². The molecule has 1 aliphatic rings. The van der Waals surface area contributed by atoms with E-state index in [1.165, 1.54) is 5.56 Å². The lowest BCUT2D eigenvalue weighted by molar-refractivity contribution is -0.131. The highest BCUT2D eigenvalue weighted by atomic mass is 32.2. The van der Waals surface area contributed by atoms with Crippen molar-refractivity contribution in [3.05, 3.63) is 59.9 Å². The number of carbonyl (C=O) groups excluding carboxylic acids is 1. The van der Waals surface area contributed by atoms with Gasteiger partial charge in [0.2, 0.25) is 5.91 Å². The number of aryl methyl sites for hydroxylation is 1. The first-order valence-electron chi connectivity index (χ1n) is 9.57. The Labute approximate surface area is 164 Å². The van der Waals surface area contributed by atoms with Crippen LogP contribution < -0.4 is 0 Å². The number of imidazole rings is 1. The molecule has 1 amide bonds. The maximum atomic E-state index is 13.0. The number of para-hydroxylation sites is 2. The van der Waals surface area contributed by atoms with Crippen LogP contribution in [0.2, 0.25) is 0 Å². The molecular formula is C22H25N3OS. The van der Waals surface area contributed by atoms with E-state index in [1.807, 2.05) is 30.0 Å². The Hall–Kier alpha value is -2.27. The highest BCUT2D eigenvalue weighted by Gasteiger charge is 2.29. The van der Waals surface area contributed by atoms with Crippen molar-refractivity contribution in [2.75, 3.05) is 13.1 Å². The number of nitrogens with zero attached hydrogens (tertiary/aromatic N) is 2. The van der Waals surface area contributed by atoms with E-state index in [1.54, 1.807) is 11.8 Å². The number of fused-ring (bicyclic) bond motifs is 1. The molecule has 2 aromatic carbocycles. The number of benzene rings is 2. The molecule has 1 saturated heterocycles. The third kappa shape index (κ3) is 4.03. The van der Waals surface area contributed by atoms with Crippen molar-refractivity contribution in [3.63, 3.8) is 0 Å². The number of piperidine rings is 1. The molecule has 1 aliphatic heterocycles. The average molecular weight is 380 g/mol. The minimum atomic E-state index is -0.0814. The van der Waals surface area contributed by atoms with Gasteiger partial charge in [0.1, 0.15) is 5.82 Å². The van der Waals surface area contributed by atoms with Crippen molar-refractivity contribution in [2.24, 2.45) is 0 Å². The van der Waals surface area contributed by atoms with Gasteiger partial charge in [0.15, 0.2) is 0 Å². The summed E-state index contributed by atoms with van der Waals surface area (Å²) in [5.41, 5.74) is 3.31. The number of aromatic nitrogens is 2. The summed E-state index contributed by atoms with van der Waals surface area (Å²) in [4.78, 5) is 24.4. The molecule has 1 aromatic heterocycles. The molecule has 0 bridgehead atoms. The monoisotopic (exact) mass is 379 g/mol. The van der Waals surface area contributed by atoms with Crippen LogP contribution in [0, 0.1) is 6.92 Å². The van der Waals surface area contributed by atoms with E-state index in [9.17, 15) is 4.79 Å². The van der Waals surface area contributed by atoms with Gasteiger partial charge in [-0.1, -0.05) is 29.8 Å². The largest absolute Gasteiger partial charge is 0.342 e.